The predicted octanol–water partition coefficient (Wildman–Crippen LogP) is 1.44. The van der Waals surface area contributed by atoms with E-state index < -0.39 is 10.0 Å². The van der Waals surface area contributed by atoms with Crippen LogP contribution in [0.25, 0.3) is 0 Å². The maximum Gasteiger partial charge on any atom is 0.243 e. The van der Waals surface area contributed by atoms with Crippen molar-refractivity contribution in [3.05, 3.63) is 23.5 Å². The number of aromatic nitrogens is 1. The molecule has 2 rings (SSSR count). The number of sulfonamides is 1. The van der Waals surface area contributed by atoms with E-state index >= 15 is 0 Å². The Balaban J connectivity index is 1.93. The van der Waals surface area contributed by atoms with E-state index in [9.17, 15) is 8.42 Å². The van der Waals surface area contributed by atoms with Crippen LogP contribution in [0, 0.1) is 5.92 Å². The Labute approximate surface area is 112 Å². The minimum absolute atomic E-state index is 0.0225. The van der Waals surface area contributed by atoms with E-state index in [2.05, 4.69) is 9.71 Å². The van der Waals surface area contributed by atoms with Gasteiger partial charge in [-0.1, -0.05) is 11.6 Å². The molecule has 7 heteroatoms. The highest BCUT2D eigenvalue weighted by Crippen LogP contribution is 2.20. The Morgan fingerprint density at radius 2 is 2.39 bits per heavy atom. The second-order valence-corrected chi connectivity index (χ2v) is 6.36. The molecule has 0 bridgehead atoms. The van der Waals surface area contributed by atoms with Gasteiger partial charge in [0.1, 0.15) is 4.90 Å². The van der Waals surface area contributed by atoms with E-state index in [1.54, 1.807) is 0 Å². The molecule has 100 valence electrons. The number of ether oxygens (including phenoxy) is 1. The van der Waals surface area contributed by atoms with Gasteiger partial charge >= 0.3 is 0 Å². The zero-order valence-electron chi connectivity index (χ0n) is 9.80. The van der Waals surface area contributed by atoms with Crippen LogP contribution in [0.3, 0.4) is 0 Å². The molecule has 1 aliphatic rings. The molecule has 0 amide bonds. The Hall–Kier alpha value is -0.690. The van der Waals surface area contributed by atoms with Gasteiger partial charge in [0.25, 0.3) is 0 Å². The van der Waals surface area contributed by atoms with E-state index in [1.807, 2.05) is 0 Å². The molecule has 1 aromatic heterocycles. The number of hydrogen-bond acceptors (Lipinski definition) is 4. The van der Waals surface area contributed by atoms with Crippen LogP contribution >= 0.6 is 11.6 Å². The second-order valence-electron chi connectivity index (χ2n) is 4.22. The summed E-state index contributed by atoms with van der Waals surface area (Å²) < 4.78 is 31.7. The molecule has 1 N–H and O–H groups in total. The molecule has 1 unspecified atom stereocenters. The van der Waals surface area contributed by atoms with Gasteiger partial charge in [-0.3, -0.25) is 4.98 Å². The van der Waals surface area contributed by atoms with Gasteiger partial charge in [-0.05, 0) is 24.8 Å². The van der Waals surface area contributed by atoms with Crippen molar-refractivity contribution in [2.24, 2.45) is 5.92 Å². The summed E-state index contributed by atoms with van der Waals surface area (Å²) >= 11 is 5.84. The Bertz CT molecular complexity index is 501. The summed E-state index contributed by atoms with van der Waals surface area (Å²) in [7, 11) is -3.57. The number of nitrogens with one attached hydrogen (secondary N) is 1. The number of pyridine rings is 1. The monoisotopic (exact) mass is 290 g/mol. The third kappa shape index (κ3) is 3.41. The van der Waals surface area contributed by atoms with Crippen molar-refractivity contribution in [3.63, 3.8) is 0 Å². The minimum Gasteiger partial charge on any atom is -0.381 e. The molecular formula is C11H15ClN2O3S. The fourth-order valence-electron chi connectivity index (χ4n) is 1.85. The third-order valence-electron chi connectivity index (χ3n) is 2.89. The van der Waals surface area contributed by atoms with Crippen molar-refractivity contribution >= 4 is 21.6 Å². The molecule has 1 aromatic rings. The first-order chi connectivity index (χ1) is 8.59. The lowest BCUT2D eigenvalue weighted by Gasteiger charge is -2.10. The SMILES string of the molecule is O=S(=O)(NCCC1CCOC1)c1cnccc1Cl. The van der Waals surface area contributed by atoms with Crippen LogP contribution in [0.5, 0.6) is 0 Å². The second kappa shape index (κ2) is 5.97. The normalized spacial score (nSPS) is 20.2. The van der Waals surface area contributed by atoms with Gasteiger partial charge in [0, 0.05) is 32.2 Å². The van der Waals surface area contributed by atoms with Crippen LogP contribution in [0.4, 0.5) is 0 Å². The van der Waals surface area contributed by atoms with Gasteiger partial charge < -0.3 is 4.74 Å². The highest BCUT2D eigenvalue weighted by molar-refractivity contribution is 7.89. The van der Waals surface area contributed by atoms with Crippen molar-refractivity contribution in [1.29, 1.82) is 0 Å². The van der Waals surface area contributed by atoms with E-state index in [-0.39, 0.29) is 9.92 Å². The van der Waals surface area contributed by atoms with Crippen LogP contribution in [-0.4, -0.2) is 33.2 Å². The van der Waals surface area contributed by atoms with Crippen LogP contribution in [-0.2, 0) is 14.8 Å². The molecule has 0 spiro atoms. The van der Waals surface area contributed by atoms with Crippen LogP contribution in [0.1, 0.15) is 12.8 Å². The van der Waals surface area contributed by atoms with Crippen molar-refractivity contribution in [2.75, 3.05) is 19.8 Å². The molecule has 0 aromatic carbocycles. The maximum atomic E-state index is 12.0. The summed E-state index contributed by atoms with van der Waals surface area (Å²) in [5.41, 5.74) is 0. The lowest BCUT2D eigenvalue weighted by Crippen LogP contribution is -2.26. The first-order valence-electron chi connectivity index (χ1n) is 5.76. The van der Waals surface area contributed by atoms with Crippen molar-refractivity contribution in [2.45, 2.75) is 17.7 Å². The molecule has 18 heavy (non-hydrogen) atoms. The first kappa shape index (κ1) is 13.7. The number of halogens is 1. The Morgan fingerprint density at radius 1 is 1.56 bits per heavy atom. The molecule has 1 atom stereocenters. The number of nitrogens with zero attached hydrogens (tertiary/aromatic N) is 1. The topological polar surface area (TPSA) is 68.3 Å². The maximum absolute atomic E-state index is 12.0. The fraction of sp³-hybridized carbons (Fsp3) is 0.545. The Kier molecular flexibility index (Phi) is 4.55. The lowest BCUT2D eigenvalue weighted by atomic mass is 10.1. The Morgan fingerprint density at radius 3 is 3.06 bits per heavy atom. The van der Waals surface area contributed by atoms with Gasteiger partial charge in [0.2, 0.25) is 10.0 Å². The molecule has 0 aliphatic carbocycles. The molecule has 1 aliphatic heterocycles. The van der Waals surface area contributed by atoms with E-state index in [4.69, 9.17) is 16.3 Å². The molecule has 1 fully saturated rings. The van der Waals surface area contributed by atoms with Gasteiger partial charge in [0.15, 0.2) is 0 Å². The molecule has 0 saturated carbocycles. The molecular weight excluding hydrogens is 276 g/mol. The van der Waals surface area contributed by atoms with Crippen LogP contribution < -0.4 is 4.72 Å². The number of rotatable bonds is 5. The first-order valence-corrected chi connectivity index (χ1v) is 7.62. The lowest BCUT2D eigenvalue weighted by molar-refractivity contribution is 0.184. The predicted molar refractivity (Wildman–Crippen MR) is 68.0 cm³/mol. The largest absolute Gasteiger partial charge is 0.381 e. The van der Waals surface area contributed by atoms with E-state index in [1.165, 1.54) is 18.5 Å². The zero-order valence-corrected chi connectivity index (χ0v) is 11.4. The molecule has 0 radical (unpaired) electrons. The van der Waals surface area contributed by atoms with Gasteiger partial charge in [0.05, 0.1) is 5.02 Å². The van der Waals surface area contributed by atoms with Crippen molar-refractivity contribution < 1.29 is 13.2 Å². The zero-order chi connectivity index (χ0) is 13.0. The third-order valence-corrected chi connectivity index (χ3v) is 4.82. The average Bonchev–Trinajstić information content (AvgIpc) is 2.82. The summed E-state index contributed by atoms with van der Waals surface area (Å²) in [6.07, 6.45) is 4.48. The molecule has 2 heterocycles. The van der Waals surface area contributed by atoms with Crippen LogP contribution in [0.2, 0.25) is 5.02 Å². The average molecular weight is 291 g/mol. The summed E-state index contributed by atoms with van der Waals surface area (Å²) in [5, 5.41) is 0.182. The quantitative estimate of drug-likeness (QED) is 0.891. The summed E-state index contributed by atoms with van der Waals surface area (Å²) in [6.45, 7) is 1.88. The summed E-state index contributed by atoms with van der Waals surface area (Å²) in [4.78, 5) is 3.80. The van der Waals surface area contributed by atoms with E-state index in [0.29, 0.717) is 12.5 Å². The van der Waals surface area contributed by atoms with Crippen LogP contribution in [0.15, 0.2) is 23.4 Å². The molecule has 1 saturated heterocycles. The van der Waals surface area contributed by atoms with E-state index in [0.717, 1.165) is 26.1 Å². The highest BCUT2D eigenvalue weighted by Gasteiger charge is 2.20. The molecule has 5 nitrogen and oxygen atoms in total. The van der Waals surface area contributed by atoms with Gasteiger partial charge in [-0.25, -0.2) is 13.1 Å². The van der Waals surface area contributed by atoms with Crippen molar-refractivity contribution in [3.8, 4) is 0 Å². The van der Waals surface area contributed by atoms with Gasteiger partial charge in [-0.15, -0.1) is 0 Å². The van der Waals surface area contributed by atoms with Crippen molar-refractivity contribution in [1.82, 2.24) is 9.71 Å². The standard InChI is InChI=1S/C11H15ClN2O3S/c12-10-2-4-13-7-11(10)18(15,16)14-5-1-9-3-6-17-8-9/h2,4,7,9,14H,1,3,5-6,8H2. The smallest absolute Gasteiger partial charge is 0.243 e. The fourth-order valence-corrected chi connectivity index (χ4v) is 3.32. The summed E-state index contributed by atoms with van der Waals surface area (Å²) in [5.74, 6) is 0.442. The number of hydrogen-bond donors (Lipinski definition) is 1. The summed E-state index contributed by atoms with van der Waals surface area (Å²) in [6, 6.07) is 1.46. The minimum atomic E-state index is -3.57. The van der Waals surface area contributed by atoms with Gasteiger partial charge in [-0.2, -0.15) is 0 Å². The highest BCUT2D eigenvalue weighted by atomic mass is 35.5.